The second-order valence-corrected chi connectivity index (χ2v) is 6.15. The van der Waals surface area contributed by atoms with Crippen molar-refractivity contribution >= 4 is 23.0 Å². The summed E-state index contributed by atoms with van der Waals surface area (Å²) in [5.41, 5.74) is 2.34. The third kappa shape index (κ3) is 2.51. The molecule has 2 saturated carbocycles. The number of aryl methyl sites for hydroxylation is 1. The second kappa shape index (κ2) is 4.88. The van der Waals surface area contributed by atoms with Crippen LogP contribution in [0.15, 0.2) is 24.3 Å². The van der Waals surface area contributed by atoms with Crippen molar-refractivity contribution in [3.05, 3.63) is 29.8 Å². The van der Waals surface area contributed by atoms with E-state index in [9.17, 15) is 0 Å². The average molecular weight is 260 g/mol. The van der Waals surface area contributed by atoms with Crippen LogP contribution in [0.5, 0.6) is 0 Å². The number of rotatable bonds is 2. The van der Waals surface area contributed by atoms with Crippen LogP contribution in [0.4, 0.5) is 5.69 Å². The minimum atomic E-state index is 0.606. The molecule has 0 amide bonds. The standard InChI is InChI=1S/C15H20N2S/c1-10-2-6-13(7-3-10)16-15(18)17-14-9-11-4-5-12(14)8-11/h2-3,6-7,11-12,14H,4-5,8-9H2,1H3,(H2,16,17,18)/t11-,12+,14+/m0/s1. The molecule has 2 aliphatic carbocycles. The predicted molar refractivity (Wildman–Crippen MR) is 79.8 cm³/mol. The normalized spacial score (nSPS) is 29.3. The topological polar surface area (TPSA) is 24.1 Å². The molecule has 0 unspecified atom stereocenters. The number of anilines is 1. The van der Waals surface area contributed by atoms with Gasteiger partial charge in [0.05, 0.1) is 0 Å². The van der Waals surface area contributed by atoms with Gasteiger partial charge in [-0.25, -0.2) is 0 Å². The Kier molecular flexibility index (Phi) is 3.25. The summed E-state index contributed by atoms with van der Waals surface area (Å²) < 4.78 is 0. The summed E-state index contributed by atoms with van der Waals surface area (Å²) >= 11 is 5.40. The number of hydrogen-bond acceptors (Lipinski definition) is 1. The van der Waals surface area contributed by atoms with Crippen LogP contribution in [0, 0.1) is 18.8 Å². The monoisotopic (exact) mass is 260 g/mol. The van der Waals surface area contributed by atoms with Crippen molar-refractivity contribution in [2.45, 2.75) is 38.6 Å². The van der Waals surface area contributed by atoms with E-state index in [2.05, 4.69) is 41.8 Å². The molecule has 3 heteroatoms. The SMILES string of the molecule is Cc1ccc(NC(=S)N[C@@H]2C[C@H]3CC[C@@H]2C3)cc1. The molecule has 2 N–H and O–H groups in total. The molecule has 0 aromatic heterocycles. The zero-order valence-electron chi connectivity index (χ0n) is 10.8. The lowest BCUT2D eigenvalue weighted by Gasteiger charge is -2.24. The van der Waals surface area contributed by atoms with Crippen molar-refractivity contribution in [2.24, 2.45) is 11.8 Å². The van der Waals surface area contributed by atoms with Crippen LogP contribution >= 0.6 is 12.2 Å². The lowest BCUT2D eigenvalue weighted by Crippen LogP contribution is -2.40. The van der Waals surface area contributed by atoms with Gasteiger partial charge in [-0.05, 0) is 62.4 Å². The molecular formula is C15H20N2S. The van der Waals surface area contributed by atoms with E-state index in [1.165, 1.54) is 31.2 Å². The van der Waals surface area contributed by atoms with Crippen molar-refractivity contribution in [2.75, 3.05) is 5.32 Å². The van der Waals surface area contributed by atoms with Crippen molar-refractivity contribution in [1.29, 1.82) is 0 Å². The summed E-state index contributed by atoms with van der Waals surface area (Å²) in [6.45, 7) is 2.09. The van der Waals surface area contributed by atoms with Gasteiger partial charge in [0.15, 0.2) is 5.11 Å². The number of hydrogen-bond donors (Lipinski definition) is 2. The van der Waals surface area contributed by atoms with Crippen molar-refractivity contribution in [3.63, 3.8) is 0 Å². The minimum Gasteiger partial charge on any atom is -0.359 e. The Bertz CT molecular complexity index is 440. The van der Waals surface area contributed by atoms with E-state index >= 15 is 0 Å². The van der Waals surface area contributed by atoms with Crippen LogP contribution in [0.2, 0.25) is 0 Å². The Morgan fingerprint density at radius 2 is 1.94 bits per heavy atom. The van der Waals surface area contributed by atoms with Gasteiger partial charge in [-0.3, -0.25) is 0 Å². The Hall–Kier alpha value is -1.09. The van der Waals surface area contributed by atoms with Gasteiger partial charge >= 0.3 is 0 Å². The zero-order valence-corrected chi connectivity index (χ0v) is 11.6. The van der Waals surface area contributed by atoms with Crippen LogP contribution in [0.3, 0.4) is 0 Å². The van der Waals surface area contributed by atoms with Crippen LogP contribution in [0.1, 0.15) is 31.2 Å². The molecule has 96 valence electrons. The highest BCUT2D eigenvalue weighted by Crippen LogP contribution is 2.44. The summed E-state index contributed by atoms with van der Waals surface area (Å²) in [6, 6.07) is 8.95. The molecule has 0 saturated heterocycles. The number of fused-ring (bicyclic) bond motifs is 2. The van der Waals surface area contributed by atoms with E-state index in [0.29, 0.717) is 6.04 Å². The highest BCUT2D eigenvalue weighted by molar-refractivity contribution is 7.80. The smallest absolute Gasteiger partial charge is 0.171 e. The molecule has 0 aliphatic heterocycles. The maximum Gasteiger partial charge on any atom is 0.171 e. The molecule has 1 aromatic carbocycles. The molecule has 0 spiro atoms. The summed E-state index contributed by atoms with van der Waals surface area (Å²) in [6.07, 6.45) is 5.53. The Labute approximate surface area is 114 Å². The van der Waals surface area contributed by atoms with Gasteiger partial charge in [0.1, 0.15) is 0 Å². The molecule has 2 fully saturated rings. The summed E-state index contributed by atoms with van der Waals surface area (Å²) in [4.78, 5) is 0. The van der Waals surface area contributed by atoms with Crippen molar-refractivity contribution in [1.82, 2.24) is 5.32 Å². The van der Waals surface area contributed by atoms with Gasteiger partial charge in [0, 0.05) is 11.7 Å². The maximum absolute atomic E-state index is 5.40. The molecule has 3 atom stereocenters. The van der Waals surface area contributed by atoms with Crippen molar-refractivity contribution in [3.8, 4) is 0 Å². The van der Waals surface area contributed by atoms with E-state index < -0.39 is 0 Å². The highest BCUT2D eigenvalue weighted by Gasteiger charge is 2.39. The highest BCUT2D eigenvalue weighted by atomic mass is 32.1. The van der Waals surface area contributed by atoms with Gasteiger partial charge in [0.2, 0.25) is 0 Å². The summed E-state index contributed by atoms with van der Waals surface area (Å²) in [5.74, 6) is 1.81. The fourth-order valence-electron chi connectivity index (χ4n) is 3.39. The average Bonchev–Trinajstić information content (AvgIpc) is 2.94. The van der Waals surface area contributed by atoms with E-state index in [4.69, 9.17) is 12.2 Å². The molecule has 3 rings (SSSR count). The molecular weight excluding hydrogens is 240 g/mol. The minimum absolute atomic E-state index is 0.606. The second-order valence-electron chi connectivity index (χ2n) is 5.75. The molecule has 1 aromatic rings. The van der Waals surface area contributed by atoms with Crippen LogP contribution in [0.25, 0.3) is 0 Å². The molecule has 0 radical (unpaired) electrons. The first-order chi connectivity index (χ1) is 8.70. The number of thiocarbonyl (C=S) groups is 1. The predicted octanol–water partition coefficient (Wildman–Crippen LogP) is 3.47. The lowest BCUT2D eigenvalue weighted by molar-refractivity contribution is 0.392. The largest absolute Gasteiger partial charge is 0.359 e. The fourth-order valence-corrected chi connectivity index (χ4v) is 3.66. The molecule has 2 nitrogen and oxygen atoms in total. The molecule has 0 heterocycles. The number of nitrogens with one attached hydrogen (secondary N) is 2. The fraction of sp³-hybridized carbons (Fsp3) is 0.533. The quantitative estimate of drug-likeness (QED) is 0.796. The molecule has 2 aliphatic rings. The van der Waals surface area contributed by atoms with Crippen LogP contribution in [-0.2, 0) is 0 Å². The number of benzene rings is 1. The van der Waals surface area contributed by atoms with Crippen LogP contribution < -0.4 is 10.6 Å². The maximum atomic E-state index is 5.40. The Morgan fingerprint density at radius 1 is 1.17 bits per heavy atom. The first-order valence-corrected chi connectivity index (χ1v) is 7.26. The Balaban J connectivity index is 1.54. The Morgan fingerprint density at radius 3 is 2.56 bits per heavy atom. The molecule has 2 bridgehead atoms. The van der Waals surface area contributed by atoms with Gasteiger partial charge in [-0.2, -0.15) is 0 Å². The third-order valence-corrected chi connectivity index (χ3v) is 4.58. The van der Waals surface area contributed by atoms with Gasteiger partial charge in [0.25, 0.3) is 0 Å². The van der Waals surface area contributed by atoms with Crippen molar-refractivity contribution < 1.29 is 0 Å². The summed E-state index contributed by atoms with van der Waals surface area (Å²) in [5, 5.41) is 7.54. The van der Waals surface area contributed by atoms with Gasteiger partial charge in [-0.15, -0.1) is 0 Å². The first-order valence-electron chi connectivity index (χ1n) is 6.85. The third-order valence-electron chi connectivity index (χ3n) is 4.36. The van der Waals surface area contributed by atoms with Gasteiger partial charge < -0.3 is 10.6 Å². The lowest BCUT2D eigenvalue weighted by atomic mass is 9.96. The van der Waals surface area contributed by atoms with Crippen LogP contribution in [-0.4, -0.2) is 11.2 Å². The summed E-state index contributed by atoms with van der Waals surface area (Å²) in [7, 11) is 0. The zero-order chi connectivity index (χ0) is 12.5. The van der Waals surface area contributed by atoms with E-state index in [-0.39, 0.29) is 0 Å². The van der Waals surface area contributed by atoms with E-state index in [1.54, 1.807) is 0 Å². The molecule has 18 heavy (non-hydrogen) atoms. The van der Waals surface area contributed by atoms with E-state index in [1.807, 2.05) is 0 Å². The first kappa shape index (κ1) is 12.0. The van der Waals surface area contributed by atoms with E-state index in [0.717, 1.165) is 22.6 Å². The van der Waals surface area contributed by atoms with Gasteiger partial charge in [-0.1, -0.05) is 24.1 Å².